The van der Waals surface area contributed by atoms with Crippen molar-refractivity contribution < 1.29 is 18.8 Å². The SMILES string of the molecule is Cc1ccc(-c2csc(NC(=O)C(C)Sc3cccc(NC(=O)/C(=C/c4ccccc4F)NC(=O)c4ccccc4)c3)n2)cc1. The number of hydrogen-bond donors (Lipinski definition) is 3. The number of amides is 3. The number of nitrogens with zero attached hydrogens (tertiary/aromatic N) is 1. The van der Waals surface area contributed by atoms with Crippen LogP contribution in [0.25, 0.3) is 17.3 Å². The molecule has 5 rings (SSSR count). The summed E-state index contributed by atoms with van der Waals surface area (Å²) in [5.74, 6) is -1.89. The quantitative estimate of drug-likeness (QED) is 0.107. The summed E-state index contributed by atoms with van der Waals surface area (Å²) in [6.07, 6.45) is 1.29. The number of aryl methyl sites for hydroxylation is 1. The van der Waals surface area contributed by atoms with Gasteiger partial charge in [-0.25, -0.2) is 9.37 Å². The second kappa shape index (κ2) is 14.6. The summed E-state index contributed by atoms with van der Waals surface area (Å²) < 4.78 is 14.4. The maximum atomic E-state index is 14.4. The Balaban J connectivity index is 1.25. The second-order valence-corrected chi connectivity index (χ2v) is 12.3. The molecule has 7 nitrogen and oxygen atoms in total. The van der Waals surface area contributed by atoms with Crippen LogP contribution in [0, 0.1) is 12.7 Å². The van der Waals surface area contributed by atoms with Crippen LogP contribution < -0.4 is 16.0 Å². The number of carbonyl (C=O) groups is 3. The van der Waals surface area contributed by atoms with Gasteiger partial charge in [0.1, 0.15) is 11.5 Å². The smallest absolute Gasteiger partial charge is 0.272 e. The number of halogens is 1. The molecule has 0 aliphatic heterocycles. The summed E-state index contributed by atoms with van der Waals surface area (Å²) in [4.78, 5) is 44.5. The van der Waals surface area contributed by atoms with E-state index in [2.05, 4.69) is 20.9 Å². The molecule has 0 fully saturated rings. The van der Waals surface area contributed by atoms with E-state index < -0.39 is 22.9 Å². The standard InChI is InChI=1S/C35H29FN4O3S2/c1-22-15-17-24(18-16-22)31-21-44-35(39-31)40-32(41)23(2)45-28-13-8-12-27(20-28)37-34(43)30(19-26-11-6-7-14-29(26)36)38-33(42)25-9-4-3-5-10-25/h3-21,23H,1-2H3,(H,37,43)(H,38,42)(H,39,40,41)/b30-19-. The number of nitrogens with one attached hydrogen (secondary N) is 3. The van der Waals surface area contributed by atoms with Gasteiger partial charge in [0, 0.05) is 32.7 Å². The first kappa shape index (κ1) is 31.4. The molecule has 1 unspecified atom stereocenters. The molecule has 10 heteroatoms. The van der Waals surface area contributed by atoms with Gasteiger partial charge in [0.05, 0.1) is 10.9 Å². The third-order valence-electron chi connectivity index (χ3n) is 6.59. The summed E-state index contributed by atoms with van der Waals surface area (Å²) in [7, 11) is 0. The lowest BCUT2D eigenvalue weighted by Crippen LogP contribution is -2.30. The van der Waals surface area contributed by atoms with E-state index in [1.165, 1.54) is 41.3 Å². The molecule has 0 saturated heterocycles. The number of rotatable bonds is 10. The van der Waals surface area contributed by atoms with Crippen LogP contribution in [0.1, 0.15) is 28.4 Å². The van der Waals surface area contributed by atoms with Crippen LogP contribution in [-0.2, 0) is 9.59 Å². The predicted octanol–water partition coefficient (Wildman–Crippen LogP) is 7.79. The number of thioether (sulfide) groups is 1. The minimum atomic E-state index is -0.636. The first-order valence-corrected chi connectivity index (χ1v) is 15.8. The van der Waals surface area contributed by atoms with Gasteiger partial charge in [-0.3, -0.25) is 14.4 Å². The van der Waals surface area contributed by atoms with Crippen LogP contribution in [0.2, 0.25) is 0 Å². The molecule has 3 amide bonds. The molecule has 0 radical (unpaired) electrons. The Morgan fingerprint density at radius 2 is 1.62 bits per heavy atom. The number of anilines is 2. The monoisotopic (exact) mass is 636 g/mol. The van der Waals surface area contributed by atoms with Crippen LogP contribution in [0.3, 0.4) is 0 Å². The Bertz CT molecular complexity index is 1860. The van der Waals surface area contributed by atoms with E-state index in [1.807, 2.05) is 42.6 Å². The maximum Gasteiger partial charge on any atom is 0.272 e. The first-order valence-electron chi connectivity index (χ1n) is 14.0. The number of carbonyl (C=O) groups excluding carboxylic acids is 3. The molecule has 0 spiro atoms. The van der Waals surface area contributed by atoms with Gasteiger partial charge in [-0.1, -0.05) is 72.3 Å². The van der Waals surface area contributed by atoms with Gasteiger partial charge in [-0.2, -0.15) is 0 Å². The highest BCUT2D eigenvalue weighted by Crippen LogP contribution is 2.29. The minimum absolute atomic E-state index is 0.131. The summed E-state index contributed by atoms with van der Waals surface area (Å²) >= 11 is 2.68. The Hall–Kier alpha value is -5.06. The molecule has 0 bridgehead atoms. The number of benzene rings is 4. The molecule has 0 saturated carbocycles. The highest BCUT2D eigenvalue weighted by molar-refractivity contribution is 8.00. The molecule has 0 aliphatic rings. The lowest BCUT2D eigenvalue weighted by molar-refractivity contribution is -0.115. The van der Waals surface area contributed by atoms with Gasteiger partial charge >= 0.3 is 0 Å². The van der Waals surface area contributed by atoms with Gasteiger partial charge in [-0.15, -0.1) is 23.1 Å². The fourth-order valence-electron chi connectivity index (χ4n) is 4.19. The fraction of sp³-hybridized carbons (Fsp3) is 0.0857. The van der Waals surface area contributed by atoms with Crippen molar-refractivity contribution in [3.63, 3.8) is 0 Å². The van der Waals surface area contributed by atoms with Crippen molar-refractivity contribution in [2.75, 3.05) is 10.6 Å². The first-order chi connectivity index (χ1) is 21.7. The van der Waals surface area contributed by atoms with Gasteiger partial charge in [0.2, 0.25) is 5.91 Å². The molecular weight excluding hydrogens is 608 g/mol. The van der Waals surface area contributed by atoms with Gasteiger partial charge in [0.25, 0.3) is 11.8 Å². The van der Waals surface area contributed by atoms with Crippen LogP contribution in [0.4, 0.5) is 15.2 Å². The Morgan fingerprint density at radius 1 is 0.889 bits per heavy atom. The molecule has 0 aliphatic carbocycles. The predicted molar refractivity (Wildman–Crippen MR) is 180 cm³/mol. The molecule has 1 atom stereocenters. The minimum Gasteiger partial charge on any atom is -0.321 e. The molecule has 1 heterocycles. The van der Waals surface area contributed by atoms with Crippen LogP contribution >= 0.6 is 23.1 Å². The summed E-state index contributed by atoms with van der Waals surface area (Å²) in [5, 5.41) is 10.2. The van der Waals surface area contributed by atoms with Crippen molar-refractivity contribution in [1.29, 1.82) is 0 Å². The van der Waals surface area contributed by atoms with Gasteiger partial charge in [-0.05, 0) is 56.3 Å². The van der Waals surface area contributed by atoms with Crippen molar-refractivity contribution in [2.24, 2.45) is 0 Å². The Morgan fingerprint density at radius 3 is 2.38 bits per heavy atom. The third kappa shape index (κ3) is 8.53. The second-order valence-electron chi connectivity index (χ2n) is 10.0. The van der Waals surface area contributed by atoms with Crippen LogP contribution in [0.15, 0.2) is 119 Å². The van der Waals surface area contributed by atoms with Crippen LogP contribution in [-0.4, -0.2) is 28.0 Å². The third-order valence-corrected chi connectivity index (χ3v) is 8.44. The normalized spacial score (nSPS) is 11.8. The number of aromatic nitrogens is 1. The molecule has 45 heavy (non-hydrogen) atoms. The summed E-state index contributed by atoms with van der Waals surface area (Å²) in [6.45, 7) is 3.81. The Labute approximate surface area is 268 Å². The molecular formula is C35H29FN4O3S2. The summed E-state index contributed by atoms with van der Waals surface area (Å²) in [5.41, 5.74) is 3.73. The molecule has 1 aromatic heterocycles. The van der Waals surface area contributed by atoms with Crippen molar-refractivity contribution in [1.82, 2.24) is 10.3 Å². The highest BCUT2D eigenvalue weighted by atomic mass is 32.2. The van der Waals surface area contributed by atoms with E-state index in [0.717, 1.165) is 21.7 Å². The van der Waals surface area contributed by atoms with E-state index in [1.54, 1.807) is 67.6 Å². The zero-order valence-electron chi connectivity index (χ0n) is 24.4. The number of hydrogen-bond acceptors (Lipinski definition) is 6. The van der Waals surface area contributed by atoms with E-state index in [0.29, 0.717) is 16.4 Å². The Kier molecular flexibility index (Phi) is 10.2. The van der Waals surface area contributed by atoms with Crippen molar-refractivity contribution in [3.05, 3.63) is 137 Å². The highest BCUT2D eigenvalue weighted by Gasteiger charge is 2.19. The lowest BCUT2D eigenvalue weighted by atomic mass is 10.1. The molecule has 5 aromatic rings. The lowest BCUT2D eigenvalue weighted by Gasteiger charge is -2.14. The largest absolute Gasteiger partial charge is 0.321 e. The van der Waals surface area contributed by atoms with E-state index in [-0.39, 0.29) is 17.2 Å². The fourth-order valence-corrected chi connectivity index (χ4v) is 5.84. The van der Waals surface area contributed by atoms with Crippen molar-refractivity contribution >= 4 is 57.7 Å². The van der Waals surface area contributed by atoms with E-state index >= 15 is 0 Å². The van der Waals surface area contributed by atoms with Crippen molar-refractivity contribution in [2.45, 2.75) is 24.0 Å². The molecule has 226 valence electrons. The summed E-state index contributed by atoms with van der Waals surface area (Å²) in [6, 6.07) is 29.4. The van der Waals surface area contributed by atoms with Crippen LogP contribution in [0.5, 0.6) is 0 Å². The van der Waals surface area contributed by atoms with Crippen molar-refractivity contribution in [3.8, 4) is 11.3 Å². The average Bonchev–Trinajstić information content (AvgIpc) is 3.51. The topological polar surface area (TPSA) is 100 Å². The maximum absolute atomic E-state index is 14.4. The van der Waals surface area contributed by atoms with Gasteiger partial charge < -0.3 is 16.0 Å². The zero-order valence-corrected chi connectivity index (χ0v) is 26.0. The number of thiazole rings is 1. The zero-order chi connectivity index (χ0) is 31.8. The average molecular weight is 637 g/mol. The van der Waals surface area contributed by atoms with Gasteiger partial charge in [0.15, 0.2) is 5.13 Å². The van der Waals surface area contributed by atoms with E-state index in [4.69, 9.17) is 0 Å². The molecule has 4 aromatic carbocycles. The van der Waals surface area contributed by atoms with E-state index in [9.17, 15) is 18.8 Å². The molecule has 3 N–H and O–H groups in total.